The molecule has 0 fully saturated rings. The van der Waals surface area contributed by atoms with Crippen LogP contribution in [0.1, 0.15) is 40.2 Å². The van der Waals surface area contributed by atoms with E-state index in [1.807, 2.05) is 30.3 Å². The minimum absolute atomic E-state index is 0.0982. The van der Waals surface area contributed by atoms with Crippen molar-refractivity contribution >= 4 is 18.0 Å². The molecule has 0 radical (unpaired) electrons. The van der Waals surface area contributed by atoms with E-state index in [0.717, 1.165) is 5.56 Å². The van der Waals surface area contributed by atoms with E-state index in [-0.39, 0.29) is 12.5 Å². The number of hydrogen-bond acceptors (Lipinski definition) is 6. The van der Waals surface area contributed by atoms with Crippen LogP contribution in [0.4, 0.5) is 4.79 Å². The van der Waals surface area contributed by atoms with Crippen molar-refractivity contribution in [2.45, 2.75) is 52.9 Å². The van der Waals surface area contributed by atoms with Crippen molar-refractivity contribution in [3.8, 4) is 0 Å². The highest BCUT2D eigenvalue weighted by Gasteiger charge is 2.28. The van der Waals surface area contributed by atoms with Crippen LogP contribution in [-0.2, 0) is 30.4 Å². The Labute approximate surface area is 154 Å². The minimum atomic E-state index is -0.924. The van der Waals surface area contributed by atoms with E-state index in [2.05, 4.69) is 5.32 Å². The zero-order chi connectivity index (χ0) is 19.7. The second kappa shape index (κ2) is 9.79. The van der Waals surface area contributed by atoms with Gasteiger partial charge in [-0.05, 0) is 32.3 Å². The van der Waals surface area contributed by atoms with E-state index in [1.54, 1.807) is 34.6 Å². The Morgan fingerprint density at radius 3 is 2.19 bits per heavy atom. The molecule has 1 rings (SSSR count). The molecule has 0 aliphatic rings. The van der Waals surface area contributed by atoms with Gasteiger partial charge in [0.1, 0.15) is 18.2 Å². The molecule has 1 N–H and O–H groups in total. The summed E-state index contributed by atoms with van der Waals surface area (Å²) in [7, 11) is 0. The monoisotopic (exact) mass is 365 g/mol. The number of rotatable bonds is 7. The third-order valence-corrected chi connectivity index (χ3v) is 3.17. The molecule has 1 aromatic rings. The summed E-state index contributed by atoms with van der Waals surface area (Å²) in [5, 5.41) is 2.47. The van der Waals surface area contributed by atoms with Crippen LogP contribution < -0.4 is 5.32 Å². The first-order valence-electron chi connectivity index (χ1n) is 8.44. The molecule has 0 spiro atoms. The zero-order valence-electron chi connectivity index (χ0n) is 15.9. The third-order valence-electron chi connectivity index (χ3n) is 3.17. The summed E-state index contributed by atoms with van der Waals surface area (Å²) in [6, 6.07) is 8.23. The summed E-state index contributed by atoms with van der Waals surface area (Å²) in [5.74, 6) is -1.63. The Morgan fingerprint density at radius 1 is 1.04 bits per heavy atom. The lowest BCUT2D eigenvalue weighted by atomic mass is 10.1. The zero-order valence-corrected chi connectivity index (χ0v) is 15.9. The molecule has 0 saturated heterocycles. The smallest absolute Gasteiger partial charge is 0.408 e. The van der Waals surface area contributed by atoms with Gasteiger partial charge in [0.05, 0.1) is 0 Å². The quantitative estimate of drug-likeness (QED) is 0.590. The van der Waals surface area contributed by atoms with E-state index < -0.39 is 36.3 Å². The molecule has 7 heteroatoms. The van der Waals surface area contributed by atoms with Gasteiger partial charge in [0.15, 0.2) is 6.61 Å². The highest BCUT2D eigenvalue weighted by atomic mass is 16.6. The van der Waals surface area contributed by atoms with Crippen molar-refractivity contribution in [3.63, 3.8) is 0 Å². The molecule has 144 valence electrons. The first-order valence-corrected chi connectivity index (χ1v) is 8.44. The molecular formula is C19H27NO6. The fourth-order valence-corrected chi connectivity index (χ4v) is 1.93. The molecular weight excluding hydrogens is 338 g/mol. The lowest BCUT2D eigenvalue weighted by Gasteiger charge is -2.24. The minimum Gasteiger partial charge on any atom is -0.458 e. The largest absolute Gasteiger partial charge is 0.458 e. The van der Waals surface area contributed by atoms with Crippen LogP contribution >= 0.6 is 0 Å². The maximum absolute atomic E-state index is 12.2. The molecule has 0 aliphatic heterocycles. The van der Waals surface area contributed by atoms with Gasteiger partial charge in [-0.3, -0.25) is 0 Å². The van der Waals surface area contributed by atoms with Gasteiger partial charge in [-0.25, -0.2) is 14.4 Å². The predicted molar refractivity (Wildman–Crippen MR) is 95.2 cm³/mol. The molecule has 0 aliphatic carbocycles. The number of alkyl carbamates (subject to hydrolysis) is 1. The lowest BCUT2D eigenvalue weighted by Crippen LogP contribution is -2.47. The van der Waals surface area contributed by atoms with E-state index in [0.29, 0.717) is 0 Å². The molecule has 1 aromatic carbocycles. The summed E-state index contributed by atoms with van der Waals surface area (Å²) in [4.78, 5) is 35.7. The number of carbonyl (C=O) groups is 3. The van der Waals surface area contributed by atoms with Crippen molar-refractivity contribution in [2.24, 2.45) is 5.92 Å². The number of carbonyl (C=O) groups excluding carboxylic acids is 3. The van der Waals surface area contributed by atoms with Gasteiger partial charge in [-0.15, -0.1) is 0 Å². The summed E-state index contributed by atoms with van der Waals surface area (Å²) in [5.41, 5.74) is 0.148. The fourth-order valence-electron chi connectivity index (χ4n) is 1.93. The summed E-state index contributed by atoms with van der Waals surface area (Å²) >= 11 is 0. The topological polar surface area (TPSA) is 90.9 Å². The molecule has 1 atom stereocenters. The molecule has 0 bridgehead atoms. The van der Waals surface area contributed by atoms with Crippen molar-refractivity contribution in [1.82, 2.24) is 5.32 Å². The molecule has 0 aromatic heterocycles. The second-order valence-electron chi connectivity index (χ2n) is 7.12. The Kier molecular flexibility index (Phi) is 8.09. The van der Waals surface area contributed by atoms with Crippen LogP contribution in [0.25, 0.3) is 0 Å². The average Bonchev–Trinajstić information content (AvgIpc) is 2.54. The first kappa shape index (κ1) is 21.5. The van der Waals surface area contributed by atoms with Crippen molar-refractivity contribution in [3.05, 3.63) is 35.9 Å². The van der Waals surface area contributed by atoms with Crippen LogP contribution in [0.2, 0.25) is 0 Å². The molecule has 7 nitrogen and oxygen atoms in total. The van der Waals surface area contributed by atoms with Crippen molar-refractivity contribution in [1.29, 1.82) is 0 Å². The van der Waals surface area contributed by atoms with Gasteiger partial charge in [0, 0.05) is 0 Å². The van der Waals surface area contributed by atoms with Crippen LogP contribution in [0.5, 0.6) is 0 Å². The van der Waals surface area contributed by atoms with E-state index in [4.69, 9.17) is 14.2 Å². The average molecular weight is 365 g/mol. The molecule has 0 heterocycles. The van der Waals surface area contributed by atoms with Crippen LogP contribution in [0.15, 0.2) is 30.3 Å². The van der Waals surface area contributed by atoms with Crippen molar-refractivity contribution in [2.75, 3.05) is 6.61 Å². The maximum atomic E-state index is 12.2. The molecule has 1 amide bonds. The highest BCUT2D eigenvalue weighted by Crippen LogP contribution is 2.10. The van der Waals surface area contributed by atoms with Gasteiger partial charge in [-0.1, -0.05) is 44.2 Å². The van der Waals surface area contributed by atoms with E-state index in [1.165, 1.54) is 0 Å². The van der Waals surface area contributed by atoms with Crippen molar-refractivity contribution < 1.29 is 28.6 Å². The fraction of sp³-hybridized carbons (Fsp3) is 0.526. The lowest BCUT2D eigenvalue weighted by molar-refractivity contribution is -0.161. The Morgan fingerprint density at radius 2 is 1.65 bits per heavy atom. The third kappa shape index (κ3) is 8.50. The Hall–Kier alpha value is -2.57. The second-order valence-corrected chi connectivity index (χ2v) is 7.12. The molecule has 0 saturated carbocycles. The Bertz CT molecular complexity index is 606. The van der Waals surface area contributed by atoms with Gasteiger partial charge in [0.2, 0.25) is 0 Å². The summed E-state index contributed by atoms with van der Waals surface area (Å²) in [6.07, 6.45) is -0.722. The number of hydrogen-bond donors (Lipinski definition) is 1. The SMILES string of the molecule is CC(C)C(NC(=O)OC(C)(C)C)C(=O)OCC(=O)OCc1ccccc1. The van der Waals surface area contributed by atoms with Gasteiger partial charge in [0.25, 0.3) is 0 Å². The number of esters is 2. The number of nitrogens with one attached hydrogen (secondary N) is 1. The van der Waals surface area contributed by atoms with Crippen LogP contribution in [0.3, 0.4) is 0 Å². The van der Waals surface area contributed by atoms with Gasteiger partial charge >= 0.3 is 18.0 Å². The number of benzene rings is 1. The normalized spacial score (nSPS) is 12.2. The summed E-state index contributed by atoms with van der Waals surface area (Å²) < 4.78 is 15.1. The van der Waals surface area contributed by atoms with Gasteiger partial charge in [-0.2, -0.15) is 0 Å². The molecule has 1 unspecified atom stereocenters. The Balaban J connectivity index is 2.46. The number of amides is 1. The summed E-state index contributed by atoms with van der Waals surface area (Å²) in [6.45, 7) is 8.23. The first-order chi connectivity index (χ1) is 12.1. The van der Waals surface area contributed by atoms with E-state index >= 15 is 0 Å². The van der Waals surface area contributed by atoms with E-state index in [9.17, 15) is 14.4 Å². The number of ether oxygens (including phenoxy) is 3. The van der Waals surface area contributed by atoms with Crippen LogP contribution in [-0.4, -0.2) is 36.3 Å². The molecule has 26 heavy (non-hydrogen) atoms. The van der Waals surface area contributed by atoms with Crippen LogP contribution in [0, 0.1) is 5.92 Å². The highest BCUT2D eigenvalue weighted by molar-refractivity contribution is 5.83. The maximum Gasteiger partial charge on any atom is 0.408 e. The van der Waals surface area contributed by atoms with Gasteiger partial charge < -0.3 is 19.5 Å². The predicted octanol–water partition coefficient (Wildman–Crippen LogP) is 2.82. The standard InChI is InChI=1S/C19H27NO6/c1-13(2)16(20-18(23)26-19(3,4)5)17(22)25-12-15(21)24-11-14-9-7-6-8-10-14/h6-10,13,16H,11-12H2,1-5H3,(H,20,23).